The van der Waals surface area contributed by atoms with Crippen molar-refractivity contribution in [3.8, 4) is 6.07 Å². The number of hydrogen-bond acceptors (Lipinski definition) is 7. The number of nitriles is 1. The first kappa shape index (κ1) is 21.2. The zero-order valence-corrected chi connectivity index (χ0v) is 16.9. The van der Waals surface area contributed by atoms with Crippen LogP contribution in [0.1, 0.15) is 27.2 Å². The van der Waals surface area contributed by atoms with Gasteiger partial charge in [0.1, 0.15) is 23.2 Å². The van der Waals surface area contributed by atoms with Crippen molar-refractivity contribution in [2.75, 3.05) is 0 Å². The molecule has 10 heteroatoms. The van der Waals surface area contributed by atoms with E-state index in [2.05, 4.69) is 15.6 Å². The highest BCUT2D eigenvalue weighted by molar-refractivity contribution is 6.20. The average Bonchev–Trinajstić information content (AvgIpc) is 3.47. The molecule has 2 aromatic carbocycles. The molecule has 1 aliphatic rings. The van der Waals surface area contributed by atoms with E-state index in [4.69, 9.17) is 4.42 Å². The van der Waals surface area contributed by atoms with E-state index in [0.717, 1.165) is 6.07 Å². The van der Waals surface area contributed by atoms with E-state index in [1.165, 1.54) is 24.5 Å². The van der Waals surface area contributed by atoms with Gasteiger partial charge in [0.25, 0.3) is 17.5 Å². The maximum atomic E-state index is 12.7. The molecule has 2 N–H and O–H groups in total. The number of nitro benzene ring substituents is 1. The van der Waals surface area contributed by atoms with Crippen LogP contribution < -0.4 is 10.6 Å². The molecule has 0 radical (unpaired) electrons. The number of furan rings is 1. The molecular formula is C23H15N5O5. The second-order valence-electron chi connectivity index (χ2n) is 6.87. The number of amides is 2. The number of rotatable bonds is 5. The molecular weight excluding hydrogens is 426 g/mol. The summed E-state index contributed by atoms with van der Waals surface area (Å²) in [6.45, 7) is 0.0893. The van der Waals surface area contributed by atoms with E-state index in [1.807, 2.05) is 6.07 Å². The predicted molar refractivity (Wildman–Crippen MR) is 117 cm³/mol. The summed E-state index contributed by atoms with van der Waals surface area (Å²) < 4.78 is 5.17. The van der Waals surface area contributed by atoms with Gasteiger partial charge >= 0.3 is 0 Å². The Morgan fingerprint density at radius 2 is 1.88 bits per heavy atom. The Balaban J connectivity index is 1.64. The molecule has 0 bridgehead atoms. The molecule has 2 amide bonds. The molecule has 0 saturated carbocycles. The molecule has 0 saturated heterocycles. The number of carbonyl (C=O) groups excluding carboxylic acids is 2. The lowest BCUT2D eigenvalue weighted by atomic mass is 10.0. The van der Waals surface area contributed by atoms with Crippen LogP contribution in [-0.2, 0) is 11.3 Å². The topological polar surface area (TPSA) is 151 Å². The van der Waals surface area contributed by atoms with E-state index < -0.39 is 16.7 Å². The molecule has 1 aromatic heterocycles. The second-order valence-corrected chi connectivity index (χ2v) is 6.87. The number of nitro groups is 1. The van der Waals surface area contributed by atoms with E-state index in [9.17, 15) is 25.0 Å². The molecule has 0 fully saturated rings. The van der Waals surface area contributed by atoms with Gasteiger partial charge in [0, 0.05) is 28.8 Å². The summed E-state index contributed by atoms with van der Waals surface area (Å²) in [5, 5.41) is 25.9. The minimum absolute atomic E-state index is 0.0681. The maximum Gasteiger partial charge on any atom is 0.270 e. The van der Waals surface area contributed by atoms with Gasteiger partial charge in [-0.2, -0.15) is 5.26 Å². The lowest BCUT2D eigenvalue weighted by Crippen LogP contribution is -2.30. The van der Waals surface area contributed by atoms with Gasteiger partial charge in [-0.3, -0.25) is 19.7 Å². The summed E-state index contributed by atoms with van der Waals surface area (Å²) in [5.74, 6) is -0.613. The third-order valence-corrected chi connectivity index (χ3v) is 4.79. The van der Waals surface area contributed by atoms with Crippen LogP contribution in [0.25, 0.3) is 5.70 Å². The van der Waals surface area contributed by atoms with Crippen LogP contribution in [0.2, 0.25) is 0 Å². The normalized spacial score (nSPS) is 13.4. The van der Waals surface area contributed by atoms with E-state index >= 15 is 0 Å². The zero-order valence-electron chi connectivity index (χ0n) is 16.9. The van der Waals surface area contributed by atoms with Gasteiger partial charge in [0.15, 0.2) is 0 Å². The van der Waals surface area contributed by atoms with E-state index in [1.54, 1.807) is 36.4 Å². The summed E-state index contributed by atoms with van der Waals surface area (Å²) in [4.78, 5) is 40.1. The number of aliphatic imine (C=N–C) groups is 1. The molecule has 3 aromatic rings. The molecule has 10 nitrogen and oxygen atoms in total. The Labute approximate surface area is 187 Å². The SMILES string of the molecule is N#C/C(C(=O)NCc1ccco1)=C1\N=C(NC(=O)c2cccc([N+](=O)[O-])c2)c2ccccc21. The Morgan fingerprint density at radius 3 is 2.58 bits per heavy atom. The van der Waals surface area contributed by atoms with Crippen LogP contribution in [-0.4, -0.2) is 22.6 Å². The first-order valence-corrected chi connectivity index (χ1v) is 9.67. The maximum absolute atomic E-state index is 12.7. The summed E-state index contributed by atoms with van der Waals surface area (Å²) in [6.07, 6.45) is 1.47. The van der Waals surface area contributed by atoms with Crippen molar-refractivity contribution < 1.29 is 18.9 Å². The summed E-state index contributed by atoms with van der Waals surface area (Å²) in [7, 11) is 0. The fourth-order valence-corrected chi connectivity index (χ4v) is 3.23. The smallest absolute Gasteiger partial charge is 0.270 e. The molecule has 0 unspecified atom stereocenters. The van der Waals surface area contributed by atoms with Gasteiger partial charge < -0.3 is 15.1 Å². The van der Waals surface area contributed by atoms with Crippen molar-refractivity contribution in [2.45, 2.75) is 6.54 Å². The number of carbonyl (C=O) groups is 2. The Morgan fingerprint density at radius 1 is 1.09 bits per heavy atom. The molecule has 162 valence electrons. The van der Waals surface area contributed by atoms with Crippen molar-refractivity contribution in [1.29, 1.82) is 5.26 Å². The van der Waals surface area contributed by atoms with Gasteiger partial charge in [-0.25, -0.2) is 4.99 Å². The highest BCUT2D eigenvalue weighted by Gasteiger charge is 2.27. The van der Waals surface area contributed by atoms with Crippen molar-refractivity contribution in [3.05, 3.63) is 105 Å². The number of hydrogen-bond donors (Lipinski definition) is 2. The van der Waals surface area contributed by atoms with Gasteiger partial charge in [0.2, 0.25) is 0 Å². The lowest BCUT2D eigenvalue weighted by Gasteiger charge is -2.06. The van der Waals surface area contributed by atoms with Crippen molar-refractivity contribution in [1.82, 2.24) is 10.6 Å². The van der Waals surface area contributed by atoms with Gasteiger partial charge in [-0.1, -0.05) is 30.3 Å². The third kappa shape index (κ3) is 4.38. The number of benzene rings is 2. The largest absolute Gasteiger partial charge is 0.467 e. The van der Waals surface area contributed by atoms with Crippen molar-refractivity contribution in [2.24, 2.45) is 4.99 Å². The summed E-state index contributed by atoms with van der Waals surface area (Å²) in [6, 6.07) is 17.3. The Bertz CT molecular complexity index is 1370. The first-order chi connectivity index (χ1) is 16.0. The van der Waals surface area contributed by atoms with E-state index in [0.29, 0.717) is 16.9 Å². The third-order valence-electron chi connectivity index (χ3n) is 4.79. The van der Waals surface area contributed by atoms with Crippen LogP contribution in [0.4, 0.5) is 5.69 Å². The quantitative estimate of drug-likeness (QED) is 0.269. The van der Waals surface area contributed by atoms with Crippen LogP contribution >= 0.6 is 0 Å². The van der Waals surface area contributed by atoms with Gasteiger partial charge in [-0.05, 0) is 18.2 Å². The van der Waals surface area contributed by atoms with Gasteiger partial charge in [-0.15, -0.1) is 0 Å². The van der Waals surface area contributed by atoms with Crippen LogP contribution in [0, 0.1) is 21.4 Å². The minimum atomic E-state index is -0.645. The number of non-ortho nitro benzene ring substituents is 1. The number of nitrogens with zero attached hydrogens (tertiary/aromatic N) is 3. The molecule has 0 atom stereocenters. The molecule has 1 aliphatic heterocycles. The highest BCUT2D eigenvalue weighted by atomic mass is 16.6. The molecule has 33 heavy (non-hydrogen) atoms. The van der Waals surface area contributed by atoms with Crippen LogP contribution in [0.15, 0.2) is 81.9 Å². The fraction of sp³-hybridized carbons (Fsp3) is 0.0435. The Hall–Kier alpha value is -5.04. The van der Waals surface area contributed by atoms with Crippen molar-refractivity contribution >= 4 is 29.0 Å². The fourth-order valence-electron chi connectivity index (χ4n) is 3.23. The summed E-state index contributed by atoms with van der Waals surface area (Å²) >= 11 is 0. The predicted octanol–water partition coefficient (Wildman–Crippen LogP) is 2.93. The molecule has 0 spiro atoms. The molecule has 0 aliphatic carbocycles. The highest BCUT2D eigenvalue weighted by Crippen LogP contribution is 2.30. The van der Waals surface area contributed by atoms with Gasteiger partial charge in [0.05, 0.1) is 23.4 Å². The molecule has 2 heterocycles. The van der Waals surface area contributed by atoms with Crippen LogP contribution in [0.5, 0.6) is 0 Å². The Kier molecular flexibility index (Phi) is 5.77. The van der Waals surface area contributed by atoms with Crippen molar-refractivity contribution in [3.63, 3.8) is 0 Å². The van der Waals surface area contributed by atoms with Crippen LogP contribution in [0.3, 0.4) is 0 Å². The number of amidine groups is 1. The minimum Gasteiger partial charge on any atom is -0.467 e. The standard InChI is InChI=1S/C23H15N5O5/c24-12-19(23(30)25-13-16-7-4-10-33-16)20-17-8-1-2-9-18(17)21(26-20)27-22(29)14-5-3-6-15(11-14)28(31)32/h1-11H,13H2,(H,25,30)(H,26,27,29)/b20-19+. The number of nitrogens with one attached hydrogen (secondary N) is 2. The monoisotopic (exact) mass is 441 g/mol. The lowest BCUT2D eigenvalue weighted by molar-refractivity contribution is -0.384. The zero-order chi connectivity index (χ0) is 23.4. The summed E-state index contributed by atoms with van der Waals surface area (Å²) in [5.41, 5.74) is 0.734. The second kappa shape index (κ2) is 8.99. The first-order valence-electron chi connectivity index (χ1n) is 9.67. The average molecular weight is 441 g/mol. The molecule has 4 rings (SSSR count). The van der Waals surface area contributed by atoms with E-state index in [-0.39, 0.29) is 34.9 Å². The number of fused-ring (bicyclic) bond motifs is 1.